The standard InChI is InChI=1S/C17H32O5S.Na/c1-2-3-12-17(18)13-9-7-5-4-6-8-10-14-22-15-11-16-23(19,20)21;/h17-18H,2-8,10-12,14-16H2,1H3,(H,19,20,21);/q;+1/p-1/t17-;/m1./s1. The minimum absolute atomic E-state index is 0. The molecule has 0 spiro atoms. The third-order valence-electron chi connectivity index (χ3n) is 3.37. The van der Waals surface area contributed by atoms with Gasteiger partial charge in [-0.25, -0.2) is 8.42 Å². The van der Waals surface area contributed by atoms with Crippen LogP contribution in [0.2, 0.25) is 0 Å². The van der Waals surface area contributed by atoms with Gasteiger partial charge in [-0.2, -0.15) is 0 Å². The number of hydrogen-bond donors (Lipinski definition) is 1. The zero-order valence-electron chi connectivity index (χ0n) is 15.3. The second-order valence-electron chi connectivity index (χ2n) is 5.72. The van der Waals surface area contributed by atoms with E-state index in [-0.39, 0.29) is 41.7 Å². The summed E-state index contributed by atoms with van der Waals surface area (Å²) in [6.07, 6.45) is 8.83. The van der Waals surface area contributed by atoms with Crippen LogP contribution in [0.3, 0.4) is 0 Å². The summed E-state index contributed by atoms with van der Waals surface area (Å²) in [6, 6.07) is 0. The Bertz CT molecular complexity index is 428. The predicted molar refractivity (Wildman–Crippen MR) is 91.0 cm³/mol. The van der Waals surface area contributed by atoms with Gasteiger partial charge >= 0.3 is 29.6 Å². The first kappa shape index (κ1) is 26.6. The molecule has 24 heavy (non-hydrogen) atoms. The van der Waals surface area contributed by atoms with Crippen LogP contribution in [0.1, 0.15) is 71.1 Å². The summed E-state index contributed by atoms with van der Waals surface area (Å²) in [7, 11) is -4.10. The van der Waals surface area contributed by atoms with E-state index in [2.05, 4.69) is 18.8 Å². The minimum atomic E-state index is -4.10. The Morgan fingerprint density at radius 1 is 1.04 bits per heavy atom. The van der Waals surface area contributed by atoms with E-state index in [0.717, 1.165) is 57.8 Å². The fourth-order valence-corrected chi connectivity index (χ4v) is 2.52. The Balaban J connectivity index is 0. The Morgan fingerprint density at radius 3 is 2.33 bits per heavy atom. The number of aliphatic hydroxyl groups is 1. The fourth-order valence-electron chi connectivity index (χ4n) is 2.05. The van der Waals surface area contributed by atoms with Gasteiger partial charge in [0.05, 0.1) is 10.1 Å². The molecule has 0 aromatic heterocycles. The maximum absolute atomic E-state index is 10.4. The Labute approximate surface area is 170 Å². The van der Waals surface area contributed by atoms with Crippen LogP contribution in [0.5, 0.6) is 0 Å². The van der Waals surface area contributed by atoms with Gasteiger partial charge in [0, 0.05) is 25.4 Å². The number of ether oxygens (including phenoxy) is 1. The number of unbranched alkanes of at least 4 members (excludes halogenated alkanes) is 6. The van der Waals surface area contributed by atoms with Crippen molar-refractivity contribution in [2.75, 3.05) is 19.0 Å². The Hall–Kier alpha value is 0.390. The van der Waals surface area contributed by atoms with Crippen LogP contribution in [0.25, 0.3) is 0 Å². The average molecular weight is 370 g/mol. The van der Waals surface area contributed by atoms with Crippen LogP contribution in [0, 0.1) is 11.8 Å². The number of aliphatic hydroxyl groups excluding tert-OH is 1. The van der Waals surface area contributed by atoms with Gasteiger partial charge in [-0.3, -0.25) is 0 Å². The molecule has 0 rings (SSSR count). The van der Waals surface area contributed by atoms with Crippen molar-refractivity contribution in [1.29, 1.82) is 0 Å². The van der Waals surface area contributed by atoms with Crippen LogP contribution in [-0.2, 0) is 14.9 Å². The van der Waals surface area contributed by atoms with Crippen molar-refractivity contribution in [2.45, 2.75) is 77.2 Å². The van der Waals surface area contributed by atoms with Crippen LogP contribution in [0.15, 0.2) is 0 Å². The maximum Gasteiger partial charge on any atom is 1.00 e. The van der Waals surface area contributed by atoms with Crippen LogP contribution < -0.4 is 29.6 Å². The molecule has 1 atom stereocenters. The van der Waals surface area contributed by atoms with Crippen LogP contribution in [-0.4, -0.2) is 43.1 Å². The van der Waals surface area contributed by atoms with Gasteiger partial charge in [0.25, 0.3) is 0 Å². The molecular weight excluding hydrogens is 339 g/mol. The molecule has 0 unspecified atom stereocenters. The van der Waals surface area contributed by atoms with Gasteiger partial charge in [0.1, 0.15) is 6.10 Å². The molecule has 7 heteroatoms. The van der Waals surface area contributed by atoms with Crippen molar-refractivity contribution >= 4 is 10.1 Å². The average Bonchev–Trinajstić information content (AvgIpc) is 2.48. The van der Waals surface area contributed by atoms with Gasteiger partial charge in [-0.05, 0) is 25.7 Å². The van der Waals surface area contributed by atoms with E-state index in [4.69, 9.17) is 4.74 Å². The molecule has 0 bridgehead atoms. The molecule has 0 saturated carbocycles. The van der Waals surface area contributed by atoms with E-state index < -0.39 is 16.2 Å². The topological polar surface area (TPSA) is 86.7 Å². The minimum Gasteiger partial charge on any atom is -0.748 e. The number of hydrogen-bond acceptors (Lipinski definition) is 5. The first-order valence-electron chi connectivity index (χ1n) is 8.63. The number of rotatable bonds is 14. The van der Waals surface area contributed by atoms with Crippen LogP contribution in [0.4, 0.5) is 0 Å². The SMILES string of the molecule is CCCC[C@@H](O)C#CCCCCCCCOCCCS(=O)(=O)[O-].[Na+]. The van der Waals surface area contributed by atoms with E-state index >= 15 is 0 Å². The molecule has 5 nitrogen and oxygen atoms in total. The molecule has 0 aliphatic carbocycles. The van der Waals surface area contributed by atoms with E-state index in [1.165, 1.54) is 0 Å². The van der Waals surface area contributed by atoms with Crippen molar-refractivity contribution in [1.82, 2.24) is 0 Å². The Kier molecular flexibility index (Phi) is 20.2. The predicted octanol–water partition coefficient (Wildman–Crippen LogP) is -0.163. The van der Waals surface area contributed by atoms with E-state index in [1.54, 1.807) is 0 Å². The molecule has 1 N–H and O–H groups in total. The van der Waals surface area contributed by atoms with Gasteiger partial charge < -0.3 is 14.4 Å². The first-order chi connectivity index (χ1) is 11.0. The maximum atomic E-state index is 10.4. The van der Waals surface area contributed by atoms with Crippen molar-refractivity contribution < 1.29 is 52.4 Å². The smallest absolute Gasteiger partial charge is 0.748 e. The first-order valence-corrected chi connectivity index (χ1v) is 10.2. The third-order valence-corrected chi connectivity index (χ3v) is 4.16. The summed E-state index contributed by atoms with van der Waals surface area (Å²) in [5.41, 5.74) is 0. The fraction of sp³-hybridized carbons (Fsp3) is 0.882. The molecule has 0 radical (unpaired) electrons. The van der Waals surface area contributed by atoms with Gasteiger partial charge in [-0.1, -0.05) is 44.9 Å². The largest absolute Gasteiger partial charge is 1.00 e. The second-order valence-corrected chi connectivity index (χ2v) is 7.25. The van der Waals surface area contributed by atoms with E-state index in [1.807, 2.05) is 0 Å². The molecule has 136 valence electrons. The molecule has 0 aromatic carbocycles. The normalized spacial score (nSPS) is 12.1. The Morgan fingerprint density at radius 2 is 1.67 bits per heavy atom. The molecule has 0 fully saturated rings. The summed E-state index contributed by atoms with van der Waals surface area (Å²) in [5.74, 6) is 5.57. The zero-order chi connectivity index (χ0) is 17.4. The quantitative estimate of drug-likeness (QED) is 0.199. The van der Waals surface area contributed by atoms with Crippen molar-refractivity contribution in [2.24, 2.45) is 0 Å². The summed E-state index contributed by atoms with van der Waals surface area (Å²) in [4.78, 5) is 0. The zero-order valence-corrected chi connectivity index (χ0v) is 18.1. The van der Waals surface area contributed by atoms with Gasteiger partial charge in [0.15, 0.2) is 0 Å². The van der Waals surface area contributed by atoms with Crippen molar-refractivity contribution in [3.63, 3.8) is 0 Å². The molecule has 0 saturated heterocycles. The third kappa shape index (κ3) is 22.4. The molecular formula is C17H31NaO5S. The van der Waals surface area contributed by atoms with Crippen LogP contribution >= 0.6 is 0 Å². The molecule has 0 aromatic rings. The van der Waals surface area contributed by atoms with Gasteiger partial charge in [-0.15, -0.1) is 5.92 Å². The molecule has 0 aliphatic heterocycles. The summed E-state index contributed by atoms with van der Waals surface area (Å²) >= 11 is 0. The van der Waals surface area contributed by atoms with E-state index in [0.29, 0.717) is 13.2 Å². The summed E-state index contributed by atoms with van der Waals surface area (Å²) in [5, 5.41) is 9.55. The molecule has 0 amide bonds. The monoisotopic (exact) mass is 370 g/mol. The summed E-state index contributed by atoms with van der Waals surface area (Å²) < 4.78 is 36.4. The molecule has 0 aliphatic rings. The van der Waals surface area contributed by atoms with Gasteiger partial charge in [0.2, 0.25) is 0 Å². The summed E-state index contributed by atoms with van der Waals surface area (Å²) in [6.45, 7) is 3.04. The molecule has 0 heterocycles. The van der Waals surface area contributed by atoms with Crippen molar-refractivity contribution in [3.8, 4) is 11.8 Å². The second kappa shape index (κ2) is 18.2. The van der Waals surface area contributed by atoms with Crippen molar-refractivity contribution in [3.05, 3.63) is 0 Å². The van der Waals surface area contributed by atoms with E-state index in [9.17, 15) is 18.1 Å².